The maximum atomic E-state index is 11.6. The van der Waals surface area contributed by atoms with E-state index in [1.165, 1.54) is 0 Å². The Morgan fingerprint density at radius 2 is 2.31 bits per heavy atom. The van der Waals surface area contributed by atoms with Crippen molar-refractivity contribution in [3.8, 4) is 0 Å². The van der Waals surface area contributed by atoms with E-state index in [4.69, 9.17) is 9.47 Å². The number of hydrogen-bond acceptors (Lipinski definition) is 4. The third-order valence-corrected chi connectivity index (χ3v) is 2.62. The molecule has 1 heterocycles. The van der Waals surface area contributed by atoms with Crippen LogP contribution >= 0.6 is 0 Å². The third-order valence-electron chi connectivity index (χ3n) is 2.62. The first-order chi connectivity index (χ1) is 7.84. The second kappa shape index (κ2) is 8.50. The van der Waals surface area contributed by atoms with E-state index in [2.05, 4.69) is 10.6 Å². The molecule has 0 aliphatic carbocycles. The first-order valence-corrected chi connectivity index (χ1v) is 5.89. The lowest BCUT2D eigenvalue weighted by Gasteiger charge is -2.21. The maximum absolute atomic E-state index is 11.6. The molecular formula is C11H22N2O3. The Morgan fingerprint density at radius 3 is 3.00 bits per heavy atom. The molecule has 0 unspecified atom stereocenters. The Balaban J connectivity index is 1.97. The van der Waals surface area contributed by atoms with Gasteiger partial charge in [0.2, 0.25) is 5.91 Å². The van der Waals surface area contributed by atoms with Crippen LogP contribution in [-0.2, 0) is 14.3 Å². The molecule has 0 radical (unpaired) electrons. The van der Waals surface area contributed by atoms with Gasteiger partial charge in [-0.3, -0.25) is 4.79 Å². The van der Waals surface area contributed by atoms with Crippen LogP contribution < -0.4 is 10.6 Å². The minimum Gasteiger partial charge on any atom is -0.383 e. The highest BCUT2D eigenvalue weighted by molar-refractivity contribution is 5.78. The van der Waals surface area contributed by atoms with Crippen LogP contribution in [0.1, 0.15) is 12.8 Å². The van der Waals surface area contributed by atoms with Crippen molar-refractivity contribution in [2.24, 2.45) is 5.92 Å². The van der Waals surface area contributed by atoms with Crippen molar-refractivity contribution in [3.63, 3.8) is 0 Å². The van der Waals surface area contributed by atoms with Gasteiger partial charge < -0.3 is 20.1 Å². The maximum Gasteiger partial charge on any atom is 0.225 e. The van der Waals surface area contributed by atoms with Gasteiger partial charge in [0.1, 0.15) is 0 Å². The Bertz CT molecular complexity index is 194. The van der Waals surface area contributed by atoms with Gasteiger partial charge in [-0.2, -0.15) is 0 Å². The zero-order valence-corrected chi connectivity index (χ0v) is 9.96. The molecule has 16 heavy (non-hydrogen) atoms. The van der Waals surface area contributed by atoms with E-state index in [1.807, 2.05) is 0 Å². The molecule has 5 nitrogen and oxygen atoms in total. The summed E-state index contributed by atoms with van der Waals surface area (Å²) in [5, 5.41) is 6.08. The van der Waals surface area contributed by atoms with E-state index < -0.39 is 0 Å². The van der Waals surface area contributed by atoms with Crippen molar-refractivity contribution >= 4 is 5.91 Å². The Morgan fingerprint density at radius 1 is 1.44 bits per heavy atom. The van der Waals surface area contributed by atoms with E-state index >= 15 is 0 Å². The summed E-state index contributed by atoms with van der Waals surface area (Å²) in [5.41, 5.74) is 0. The molecule has 1 aliphatic heterocycles. The number of carbonyl (C=O) groups is 1. The van der Waals surface area contributed by atoms with Crippen LogP contribution in [0.25, 0.3) is 0 Å². The zero-order chi connectivity index (χ0) is 11.6. The number of methoxy groups -OCH3 is 1. The molecular weight excluding hydrogens is 208 g/mol. The minimum absolute atomic E-state index is 0.0488. The first kappa shape index (κ1) is 13.4. The molecule has 0 aromatic rings. The molecule has 2 N–H and O–H groups in total. The summed E-state index contributed by atoms with van der Waals surface area (Å²) in [6.07, 6.45) is 1.94. The van der Waals surface area contributed by atoms with Gasteiger partial charge in [-0.25, -0.2) is 0 Å². The summed E-state index contributed by atoms with van der Waals surface area (Å²) in [7, 11) is 1.67. The van der Waals surface area contributed by atoms with Crippen molar-refractivity contribution < 1.29 is 14.3 Å². The molecule has 0 aromatic heterocycles. The molecule has 1 saturated heterocycles. The van der Waals surface area contributed by atoms with Crippen LogP contribution in [0.15, 0.2) is 0 Å². The van der Waals surface area contributed by atoms with E-state index in [9.17, 15) is 4.79 Å². The summed E-state index contributed by atoms with van der Waals surface area (Å²) in [5.74, 6) is 0.168. The Hall–Kier alpha value is -0.650. The third kappa shape index (κ3) is 5.44. The van der Waals surface area contributed by atoms with Gasteiger partial charge >= 0.3 is 0 Å². The predicted molar refractivity (Wildman–Crippen MR) is 61.3 cm³/mol. The van der Waals surface area contributed by atoms with Gasteiger partial charge in [-0.1, -0.05) is 0 Å². The lowest BCUT2D eigenvalue weighted by atomic mass is 10.0. The lowest BCUT2D eigenvalue weighted by Crippen LogP contribution is -2.39. The van der Waals surface area contributed by atoms with Crippen molar-refractivity contribution in [3.05, 3.63) is 0 Å². The molecule has 94 valence electrons. The number of nitrogens with one attached hydrogen (secondary N) is 2. The van der Waals surface area contributed by atoms with Crippen molar-refractivity contribution in [2.75, 3.05) is 46.6 Å². The summed E-state index contributed by atoms with van der Waals surface area (Å²) in [6, 6.07) is 0. The summed E-state index contributed by atoms with van der Waals surface area (Å²) < 4.78 is 10.2. The zero-order valence-electron chi connectivity index (χ0n) is 9.96. The monoisotopic (exact) mass is 230 g/mol. The fraction of sp³-hybridized carbons (Fsp3) is 0.909. The fourth-order valence-electron chi connectivity index (χ4n) is 1.67. The van der Waals surface area contributed by atoms with Gasteiger partial charge in [0.25, 0.3) is 0 Å². The average Bonchev–Trinajstić information content (AvgIpc) is 2.34. The second-order valence-electron chi connectivity index (χ2n) is 3.95. The quantitative estimate of drug-likeness (QED) is 0.593. The normalized spacial score (nSPS) is 20.7. The number of rotatable bonds is 7. The molecule has 0 spiro atoms. The van der Waals surface area contributed by atoms with E-state index in [0.717, 1.165) is 32.5 Å². The predicted octanol–water partition coefficient (Wildman–Crippen LogP) is -0.235. The van der Waals surface area contributed by atoms with Crippen molar-refractivity contribution in [2.45, 2.75) is 12.8 Å². The van der Waals surface area contributed by atoms with Crippen LogP contribution in [0, 0.1) is 5.92 Å². The topological polar surface area (TPSA) is 59.6 Å². The Kier molecular flexibility index (Phi) is 7.12. The molecule has 1 amide bonds. The minimum atomic E-state index is 0.0488. The summed E-state index contributed by atoms with van der Waals surface area (Å²) in [4.78, 5) is 11.6. The van der Waals surface area contributed by atoms with Crippen LogP contribution in [0.3, 0.4) is 0 Å². The van der Waals surface area contributed by atoms with Crippen LogP contribution in [-0.4, -0.2) is 52.5 Å². The van der Waals surface area contributed by atoms with Crippen LogP contribution in [0.5, 0.6) is 0 Å². The van der Waals surface area contributed by atoms with Crippen molar-refractivity contribution in [1.29, 1.82) is 0 Å². The van der Waals surface area contributed by atoms with Gasteiger partial charge in [-0.05, 0) is 12.8 Å². The average molecular weight is 230 g/mol. The summed E-state index contributed by atoms with van der Waals surface area (Å²) >= 11 is 0. The molecule has 1 rings (SSSR count). The molecule has 5 heteroatoms. The van der Waals surface area contributed by atoms with E-state index in [1.54, 1.807) is 7.11 Å². The number of hydrogen-bond donors (Lipinski definition) is 2. The van der Waals surface area contributed by atoms with E-state index in [-0.39, 0.29) is 11.8 Å². The molecule has 1 atom stereocenters. The first-order valence-electron chi connectivity index (χ1n) is 5.89. The van der Waals surface area contributed by atoms with Gasteiger partial charge in [-0.15, -0.1) is 0 Å². The fourth-order valence-corrected chi connectivity index (χ4v) is 1.67. The molecule has 0 aromatic carbocycles. The highest BCUT2D eigenvalue weighted by Crippen LogP contribution is 2.12. The molecule has 0 bridgehead atoms. The highest BCUT2D eigenvalue weighted by atomic mass is 16.5. The molecule has 1 fully saturated rings. The molecule has 0 saturated carbocycles. The molecule has 1 aliphatic rings. The van der Waals surface area contributed by atoms with Gasteiger partial charge in [0.05, 0.1) is 19.1 Å². The number of carbonyl (C=O) groups excluding carboxylic acids is 1. The summed E-state index contributed by atoms with van der Waals surface area (Å²) in [6.45, 7) is 4.33. The van der Waals surface area contributed by atoms with Gasteiger partial charge in [0.15, 0.2) is 0 Å². The number of amides is 1. The second-order valence-corrected chi connectivity index (χ2v) is 3.95. The van der Waals surface area contributed by atoms with E-state index in [0.29, 0.717) is 19.8 Å². The smallest absolute Gasteiger partial charge is 0.225 e. The SMILES string of the molecule is COCCNCCNC(=O)[C@@H]1CCCOC1. The van der Waals surface area contributed by atoms with Gasteiger partial charge in [0, 0.05) is 33.4 Å². The van der Waals surface area contributed by atoms with Crippen LogP contribution in [0.4, 0.5) is 0 Å². The lowest BCUT2D eigenvalue weighted by molar-refractivity contribution is -0.128. The highest BCUT2D eigenvalue weighted by Gasteiger charge is 2.20. The largest absolute Gasteiger partial charge is 0.383 e. The van der Waals surface area contributed by atoms with Crippen molar-refractivity contribution in [1.82, 2.24) is 10.6 Å². The number of ether oxygens (including phenoxy) is 2. The standard InChI is InChI=1S/C11H22N2O3/c1-15-8-6-12-4-5-13-11(14)10-3-2-7-16-9-10/h10,12H,2-9H2,1H3,(H,13,14)/t10-/m1/s1. The Labute approximate surface area is 96.9 Å². The van der Waals surface area contributed by atoms with Crippen LogP contribution in [0.2, 0.25) is 0 Å².